The molecule has 0 amide bonds. The van der Waals surface area contributed by atoms with E-state index < -0.39 is 5.82 Å². The van der Waals surface area contributed by atoms with E-state index in [2.05, 4.69) is 14.9 Å². The van der Waals surface area contributed by atoms with Gasteiger partial charge < -0.3 is 29.2 Å². The number of pyridine rings is 1. The smallest absolute Gasteiger partial charge is 0.305 e. The van der Waals surface area contributed by atoms with Crippen LogP contribution in [0.15, 0.2) is 36.4 Å². The van der Waals surface area contributed by atoms with Gasteiger partial charge in [0.1, 0.15) is 11.8 Å². The van der Waals surface area contributed by atoms with Gasteiger partial charge in [0.05, 0.1) is 37.5 Å². The van der Waals surface area contributed by atoms with Gasteiger partial charge in [-0.15, -0.1) is 0 Å². The number of H-pyrrole nitrogens is 1. The van der Waals surface area contributed by atoms with Crippen LogP contribution in [0.2, 0.25) is 0 Å². The summed E-state index contributed by atoms with van der Waals surface area (Å²) in [6.45, 7) is 2.12. The molecule has 5 rings (SSSR count). The largest absolute Gasteiger partial charge is 0.473 e. The Labute approximate surface area is 203 Å². The molecular weight excluding hydrogens is 453 g/mol. The van der Waals surface area contributed by atoms with Gasteiger partial charge in [-0.2, -0.15) is 0 Å². The van der Waals surface area contributed by atoms with Crippen LogP contribution in [0.3, 0.4) is 0 Å². The second kappa shape index (κ2) is 10.2. The molecule has 2 atom stereocenters. The number of nitrogens with zero attached hydrogens (tertiary/aromatic N) is 2. The predicted octanol–water partition coefficient (Wildman–Crippen LogP) is 3.68. The van der Waals surface area contributed by atoms with E-state index in [1.54, 1.807) is 6.07 Å². The van der Waals surface area contributed by atoms with Crippen LogP contribution in [0.4, 0.5) is 10.1 Å². The van der Waals surface area contributed by atoms with E-state index in [4.69, 9.17) is 14.2 Å². The van der Waals surface area contributed by atoms with E-state index in [1.807, 2.05) is 24.3 Å². The first-order valence-electron chi connectivity index (χ1n) is 12.0. The van der Waals surface area contributed by atoms with E-state index in [0.29, 0.717) is 47.8 Å². The Kier molecular flexibility index (Phi) is 6.88. The molecule has 2 aromatic heterocycles. The number of carbonyl (C=O) groups is 1. The van der Waals surface area contributed by atoms with E-state index in [1.165, 1.54) is 13.2 Å². The molecule has 0 aliphatic carbocycles. The van der Waals surface area contributed by atoms with E-state index >= 15 is 0 Å². The highest BCUT2D eigenvalue weighted by Gasteiger charge is 2.27. The molecule has 2 saturated heterocycles. The van der Waals surface area contributed by atoms with Crippen LogP contribution in [0.5, 0.6) is 5.88 Å². The topological polar surface area (TPSA) is 96.9 Å². The monoisotopic (exact) mass is 483 g/mol. The fourth-order valence-corrected chi connectivity index (χ4v) is 4.88. The lowest BCUT2D eigenvalue weighted by molar-refractivity contribution is -0.141. The molecule has 9 heteroatoms. The van der Waals surface area contributed by atoms with Gasteiger partial charge in [-0.1, -0.05) is 12.1 Å². The number of rotatable bonds is 7. The lowest BCUT2D eigenvalue weighted by Gasteiger charge is -2.33. The van der Waals surface area contributed by atoms with Crippen molar-refractivity contribution in [2.75, 3.05) is 38.3 Å². The van der Waals surface area contributed by atoms with Gasteiger partial charge in [0.2, 0.25) is 0 Å². The third-order valence-corrected chi connectivity index (χ3v) is 6.88. The number of halogens is 1. The number of aliphatic hydroxyl groups is 1. The van der Waals surface area contributed by atoms with Crippen molar-refractivity contribution in [2.45, 2.75) is 37.9 Å². The lowest BCUT2D eigenvalue weighted by atomic mass is 9.93. The maximum absolute atomic E-state index is 14.9. The number of anilines is 1. The van der Waals surface area contributed by atoms with Crippen LogP contribution >= 0.6 is 0 Å². The number of piperidine rings is 1. The molecular formula is C26H30FN3O5. The number of esters is 1. The summed E-state index contributed by atoms with van der Waals surface area (Å²) >= 11 is 0. The van der Waals surface area contributed by atoms with Crippen molar-refractivity contribution in [3.05, 3.63) is 42.2 Å². The zero-order valence-electron chi connectivity index (χ0n) is 19.7. The standard InChI is InChI=1S/C26H30FN3O5/c1-33-25(32)10-16-6-8-30(9-7-16)18-4-2-17(3-5-18)26-21(27)12-22-23(29-26)13-24(28-22)35-20-11-19(14-31)34-15-20/h2-5,12-13,16,19-20,28,31H,6-11,14-15H2,1H3/t19-,20-/m0/s1. The SMILES string of the molecule is COC(=O)CC1CCN(c2ccc(-c3nc4cc(O[C@@H]5CO[C@H](CO)C5)[nH]c4cc3F)cc2)CC1. The predicted molar refractivity (Wildman–Crippen MR) is 129 cm³/mol. The number of hydrogen-bond acceptors (Lipinski definition) is 7. The molecule has 2 fully saturated rings. The number of ether oxygens (including phenoxy) is 3. The van der Waals surface area contributed by atoms with Crippen LogP contribution in [0, 0.1) is 11.7 Å². The molecule has 2 N–H and O–H groups in total. The van der Waals surface area contributed by atoms with Gasteiger partial charge >= 0.3 is 5.97 Å². The average Bonchev–Trinajstić information content (AvgIpc) is 3.50. The van der Waals surface area contributed by atoms with Crippen LogP contribution in [0.1, 0.15) is 25.7 Å². The number of hydrogen-bond donors (Lipinski definition) is 2. The molecule has 0 bridgehead atoms. The highest BCUT2D eigenvalue weighted by Crippen LogP contribution is 2.31. The summed E-state index contributed by atoms with van der Waals surface area (Å²) in [6, 6.07) is 11.0. The molecule has 2 aliphatic heterocycles. The molecule has 0 unspecified atom stereocenters. The maximum Gasteiger partial charge on any atom is 0.305 e. The van der Waals surface area contributed by atoms with Crippen molar-refractivity contribution in [1.29, 1.82) is 0 Å². The number of aromatic amines is 1. The average molecular weight is 484 g/mol. The Morgan fingerprint density at radius 3 is 2.71 bits per heavy atom. The van der Waals surface area contributed by atoms with Crippen LogP contribution in [0.25, 0.3) is 22.3 Å². The highest BCUT2D eigenvalue weighted by molar-refractivity contribution is 5.81. The Morgan fingerprint density at radius 2 is 2.03 bits per heavy atom. The van der Waals surface area contributed by atoms with E-state index in [9.17, 15) is 14.3 Å². The molecule has 0 saturated carbocycles. The molecule has 2 aliphatic rings. The lowest BCUT2D eigenvalue weighted by Crippen LogP contribution is -2.34. The first-order chi connectivity index (χ1) is 17.0. The first-order valence-corrected chi connectivity index (χ1v) is 12.0. The van der Waals surface area contributed by atoms with Crippen molar-refractivity contribution in [2.24, 2.45) is 5.92 Å². The molecule has 35 heavy (non-hydrogen) atoms. The molecule has 4 heterocycles. The summed E-state index contributed by atoms with van der Waals surface area (Å²) in [5.41, 5.74) is 3.24. The van der Waals surface area contributed by atoms with Gasteiger partial charge in [0, 0.05) is 49.3 Å². The normalized spacial score (nSPS) is 20.9. The molecule has 186 valence electrons. The van der Waals surface area contributed by atoms with Gasteiger partial charge in [0.15, 0.2) is 11.7 Å². The number of carbonyl (C=O) groups excluding carboxylic acids is 1. The third-order valence-electron chi connectivity index (χ3n) is 6.88. The second-order valence-corrected chi connectivity index (χ2v) is 9.26. The summed E-state index contributed by atoms with van der Waals surface area (Å²) in [6.07, 6.45) is 2.59. The van der Waals surface area contributed by atoms with Crippen molar-refractivity contribution in [3.63, 3.8) is 0 Å². The molecule has 8 nitrogen and oxygen atoms in total. The van der Waals surface area contributed by atoms with Crippen LogP contribution in [-0.4, -0.2) is 66.7 Å². The Bertz CT molecular complexity index is 1170. The Balaban J connectivity index is 1.26. The summed E-state index contributed by atoms with van der Waals surface area (Å²) in [7, 11) is 1.43. The molecule has 0 spiro atoms. The minimum atomic E-state index is -0.410. The van der Waals surface area contributed by atoms with Gasteiger partial charge in [-0.3, -0.25) is 4.79 Å². The number of methoxy groups -OCH3 is 1. The minimum absolute atomic E-state index is 0.0326. The number of aliphatic hydroxyl groups excluding tert-OH is 1. The molecule has 1 aromatic carbocycles. The Morgan fingerprint density at radius 1 is 1.26 bits per heavy atom. The number of nitrogens with one attached hydrogen (secondary N) is 1. The fraction of sp³-hybridized carbons (Fsp3) is 0.462. The minimum Gasteiger partial charge on any atom is -0.473 e. The van der Waals surface area contributed by atoms with Crippen molar-refractivity contribution in [1.82, 2.24) is 9.97 Å². The maximum atomic E-state index is 14.9. The molecule has 3 aromatic rings. The van der Waals surface area contributed by atoms with Crippen LogP contribution < -0.4 is 9.64 Å². The second-order valence-electron chi connectivity index (χ2n) is 9.26. The first kappa shape index (κ1) is 23.6. The van der Waals surface area contributed by atoms with Crippen molar-refractivity contribution < 1.29 is 28.5 Å². The number of benzene rings is 1. The summed E-state index contributed by atoms with van der Waals surface area (Å²) in [4.78, 5) is 21.4. The highest BCUT2D eigenvalue weighted by atomic mass is 19.1. The van der Waals surface area contributed by atoms with Gasteiger partial charge in [-0.05, 0) is 30.9 Å². The van der Waals surface area contributed by atoms with Crippen LogP contribution in [-0.2, 0) is 14.3 Å². The quantitative estimate of drug-likeness (QED) is 0.495. The van der Waals surface area contributed by atoms with E-state index in [0.717, 1.165) is 31.6 Å². The van der Waals surface area contributed by atoms with Crippen molar-refractivity contribution >= 4 is 22.7 Å². The van der Waals surface area contributed by atoms with Gasteiger partial charge in [0.25, 0.3) is 0 Å². The third kappa shape index (κ3) is 5.26. The zero-order valence-corrected chi connectivity index (χ0v) is 19.7. The number of fused-ring (bicyclic) bond motifs is 1. The molecule has 0 radical (unpaired) electrons. The van der Waals surface area contributed by atoms with Crippen molar-refractivity contribution in [3.8, 4) is 17.1 Å². The fourth-order valence-electron chi connectivity index (χ4n) is 4.88. The summed E-state index contributed by atoms with van der Waals surface area (Å²) in [5, 5.41) is 9.21. The Hall–Kier alpha value is -3.17. The summed E-state index contributed by atoms with van der Waals surface area (Å²) in [5.74, 6) is 0.299. The van der Waals surface area contributed by atoms with E-state index in [-0.39, 0.29) is 30.5 Å². The van der Waals surface area contributed by atoms with Gasteiger partial charge in [-0.25, -0.2) is 9.37 Å². The number of aromatic nitrogens is 2. The zero-order chi connectivity index (χ0) is 24.4. The summed E-state index contributed by atoms with van der Waals surface area (Å²) < 4.78 is 31.1.